The van der Waals surface area contributed by atoms with Gasteiger partial charge in [0, 0.05) is 6.92 Å². The van der Waals surface area contributed by atoms with Crippen molar-refractivity contribution in [3.63, 3.8) is 0 Å². The number of amides is 1. The van der Waals surface area contributed by atoms with Gasteiger partial charge < -0.3 is 84.4 Å². The Morgan fingerprint density at radius 2 is 0.841 bits per heavy atom. The average molecular weight is 644 g/mol. The Labute approximate surface area is 252 Å². The van der Waals surface area contributed by atoms with Gasteiger partial charge in [-0.3, -0.25) is 4.79 Å². The fraction of sp³-hybridized carbons (Fsp3) is 0.962. The van der Waals surface area contributed by atoms with Gasteiger partial charge in [0.1, 0.15) is 67.1 Å². The number of carbonyl (C=O) groups excluding carboxylic acids is 1. The fourth-order valence-corrected chi connectivity index (χ4v) is 5.73. The summed E-state index contributed by atoms with van der Waals surface area (Å²) in [6, 6.07) is -1.19. The van der Waals surface area contributed by atoms with Gasteiger partial charge in [-0.1, -0.05) is 0 Å². The molecule has 44 heavy (non-hydrogen) atoms. The second-order valence-corrected chi connectivity index (χ2v) is 11.8. The Morgan fingerprint density at radius 1 is 0.500 bits per heavy atom. The van der Waals surface area contributed by atoms with E-state index >= 15 is 0 Å². The number of hydrogen-bond donors (Lipinski definition) is 10. The van der Waals surface area contributed by atoms with Crippen LogP contribution in [0.2, 0.25) is 0 Å². The van der Waals surface area contributed by atoms with Gasteiger partial charge in [0.15, 0.2) is 25.2 Å². The highest BCUT2D eigenvalue weighted by molar-refractivity contribution is 5.73. The van der Waals surface area contributed by atoms with E-state index in [0.29, 0.717) is 0 Å². The van der Waals surface area contributed by atoms with Gasteiger partial charge in [0.05, 0.1) is 30.5 Å². The molecule has 10 N–H and O–H groups in total. The zero-order valence-corrected chi connectivity index (χ0v) is 24.8. The minimum atomic E-state index is -1.80. The van der Waals surface area contributed by atoms with Crippen molar-refractivity contribution >= 4 is 5.91 Å². The molecule has 256 valence electrons. The Kier molecular flexibility index (Phi) is 11.6. The van der Waals surface area contributed by atoms with Crippen LogP contribution in [-0.4, -0.2) is 175 Å². The molecule has 18 nitrogen and oxygen atoms in total. The Morgan fingerprint density at radius 3 is 1.25 bits per heavy atom. The molecule has 1 unspecified atom stereocenters. The molecule has 0 aromatic heterocycles. The molecule has 0 aliphatic carbocycles. The molecule has 0 aromatic carbocycles. The summed E-state index contributed by atoms with van der Waals surface area (Å²) in [7, 11) is 0. The molecule has 0 bridgehead atoms. The summed E-state index contributed by atoms with van der Waals surface area (Å²) in [6.45, 7) is 6.96. The monoisotopic (exact) mass is 643 g/mol. The van der Waals surface area contributed by atoms with E-state index in [1.807, 2.05) is 0 Å². The maximum atomic E-state index is 11.6. The first-order chi connectivity index (χ1) is 20.5. The molecule has 4 rings (SSSR count). The minimum absolute atomic E-state index is 0.536. The second kappa shape index (κ2) is 14.3. The third-order valence-electron chi connectivity index (χ3n) is 8.45. The SMILES string of the molecule is CC(=O)N[C@H]1[C@@H](O)[C@@H](C)O[C@H](O[C@@H]2[C@@H](O)[C@H](C)O[C@@H](O[C@@H]3[C@@H](O)[C@H](C)O[C@@H](O[C@@H]4[C@@H](O)[C@H](C)OC(O)[C@@H]4O)[C@@H]3O)[C@@H]2O)[C@@H]1O. The lowest BCUT2D eigenvalue weighted by Crippen LogP contribution is -2.67. The number of aliphatic hydroxyl groups is 9. The molecule has 4 aliphatic heterocycles. The molecular weight excluding hydrogens is 598 g/mol. The molecule has 0 spiro atoms. The molecule has 4 heterocycles. The van der Waals surface area contributed by atoms with Crippen molar-refractivity contribution in [2.24, 2.45) is 0 Å². The quantitative estimate of drug-likeness (QED) is 0.124. The van der Waals surface area contributed by atoms with Crippen LogP contribution in [0.15, 0.2) is 0 Å². The normalized spacial score (nSPS) is 53.7. The summed E-state index contributed by atoms with van der Waals surface area (Å²) in [5, 5.41) is 98.2. The van der Waals surface area contributed by atoms with E-state index in [9.17, 15) is 50.8 Å². The molecule has 0 saturated carbocycles. The molecule has 18 heteroatoms. The number of aliphatic hydroxyl groups excluding tert-OH is 9. The van der Waals surface area contributed by atoms with Crippen LogP contribution in [-0.2, 0) is 38.0 Å². The van der Waals surface area contributed by atoms with E-state index in [0.717, 1.165) is 0 Å². The predicted octanol–water partition coefficient (Wildman–Crippen LogP) is -5.49. The van der Waals surface area contributed by atoms with Crippen LogP contribution in [0, 0.1) is 0 Å². The van der Waals surface area contributed by atoms with Gasteiger partial charge in [0.25, 0.3) is 0 Å². The number of ether oxygens (including phenoxy) is 7. The van der Waals surface area contributed by atoms with Crippen molar-refractivity contribution in [1.82, 2.24) is 5.32 Å². The number of hydrogen-bond acceptors (Lipinski definition) is 17. The molecule has 4 fully saturated rings. The number of carbonyl (C=O) groups is 1. The third-order valence-corrected chi connectivity index (χ3v) is 8.45. The second-order valence-electron chi connectivity index (χ2n) is 11.8. The van der Waals surface area contributed by atoms with Crippen LogP contribution in [0.4, 0.5) is 0 Å². The lowest BCUT2D eigenvalue weighted by Gasteiger charge is -2.49. The van der Waals surface area contributed by atoms with Crippen molar-refractivity contribution in [1.29, 1.82) is 0 Å². The first-order valence-corrected chi connectivity index (χ1v) is 14.5. The van der Waals surface area contributed by atoms with Gasteiger partial charge in [-0.15, -0.1) is 0 Å². The summed E-state index contributed by atoms with van der Waals surface area (Å²) < 4.78 is 39.0. The van der Waals surface area contributed by atoms with Crippen LogP contribution < -0.4 is 5.32 Å². The molecule has 20 atom stereocenters. The summed E-state index contributed by atoms with van der Waals surface area (Å²) >= 11 is 0. The smallest absolute Gasteiger partial charge is 0.217 e. The van der Waals surface area contributed by atoms with Crippen molar-refractivity contribution in [3.05, 3.63) is 0 Å². The topological polar surface area (TPSA) is 276 Å². The molecule has 4 aliphatic rings. The highest BCUT2D eigenvalue weighted by Gasteiger charge is 2.54. The van der Waals surface area contributed by atoms with E-state index in [4.69, 9.17) is 33.2 Å². The Hall–Kier alpha value is -1.17. The Bertz CT molecular complexity index is 950. The van der Waals surface area contributed by atoms with E-state index in [2.05, 4.69) is 5.32 Å². The van der Waals surface area contributed by atoms with Crippen LogP contribution in [0.25, 0.3) is 0 Å². The van der Waals surface area contributed by atoms with E-state index in [-0.39, 0.29) is 0 Å². The minimum Gasteiger partial charge on any atom is -0.388 e. The summed E-state index contributed by atoms with van der Waals surface area (Å²) in [6.07, 6.45) is -27.7. The molecule has 0 aromatic rings. The van der Waals surface area contributed by atoms with E-state index in [1.54, 1.807) is 0 Å². The molecule has 0 radical (unpaired) electrons. The van der Waals surface area contributed by atoms with Crippen LogP contribution >= 0.6 is 0 Å². The first kappa shape index (κ1) is 35.7. The van der Waals surface area contributed by atoms with Crippen LogP contribution in [0.5, 0.6) is 0 Å². The molecule has 1 amide bonds. The number of rotatable bonds is 7. The molecule has 4 saturated heterocycles. The van der Waals surface area contributed by atoms with Gasteiger partial charge in [0.2, 0.25) is 5.91 Å². The average Bonchev–Trinajstić information content (AvgIpc) is 2.96. The largest absolute Gasteiger partial charge is 0.388 e. The van der Waals surface area contributed by atoms with Crippen LogP contribution in [0.1, 0.15) is 34.6 Å². The summed E-state index contributed by atoms with van der Waals surface area (Å²) in [5.41, 5.74) is 0. The predicted molar refractivity (Wildman–Crippen MR) is 140 cm³/mol. The lowest BCUT2D eigenvalue weighted by molar-refractivity contribution is -0.382. The first-order valence-electron chi connectivity index (χ1n) is 14.5. The lowest BCUT2D eigenvalue weighted by atomic mass is 9.95. The standard InChI is InChI=1S/C26H45NO17/c1-6-12(29)11(27-10(5)28)16(33)24(39-6)43-21-14(31)8(3)41-26(18(21)35)44-22-15(32)9(4)40-25(19(22)36)42-20-13(30)7(2)38-23(37)17(20)34/h6-9,11-26,29-37H,1-5H3,(H,27,28)/t6-,7+,8+,9+,11+,12+,13+,14+,15+,16-,17-,18-,19-,20-,21-,22-,23?,24-,25+,26+/m1/s1. The zero-order chi connectivity index (χ0) is 32.8. The van der Waals surface area contributed by atoms with Gasteiger partial charge in [-0.05, 0) is 27.7 Å². The highest BCUT2D eigenvalue weighted by Crippen LogP contribution is 2.34. The highest BCUT2D eigenvalue weighted by atomic mass is 16.8. The maximum absolute atomic E-state index is 11.6. The maximum Gasteiger partial charge on any atom is 0.217 e. The zero-order valence-electron chi connectivity index (χ0n) is 24.8. The van der Waals surface area contributed by atoms with Crippen molar-refractivity contribution in [3.8, 4) is 0 Å². The Balaban J connectivity index is 1.48. The number of nitrogens with one attached hydrogen (secondary N) is 1. The van der Waals surface area contributed by atoms with Gasteiger partial charge in [-0.25, -0.2) is 0 Å². The third kappa shape index (κ3) is 7.20. The van der Waals surface area contributed by atoms with Crippen molar-refractivity contribution in [2.45, 2.75) is 157 Å². The van der Waals surface area contributed by atoms with Gasteiger partial charge >= 0.3 is 0 Å². The van der Waals surface area contributed by atoms with E-state index < -0.39 is 129 Å². The summed E-state index contributed by atoms with van der Waals surface area (Å²) in [5.74, 6) is -0.536. The molecular formula is C26H45NO17. The summed E-state index contributed by atoms with van der Waals surface area (Å²) in [4.78, 5) is 11.6. The van der Waals surface area contributed by atoms with Crippen molar-refractivity contribution < 1.29 is 83.9 Å². The van der Waals surface area contributed by atoms with Crippen LogP contribution in [0.3, 0.4) is 0 Å². The van der Waals surface area contributed by atoms with E-state index in [1.165, 1.54) is 34.6 Å². The van der Waals surface area contributed by atoms with Crippen molar-refractivity contribution in [2.75, 3.05) is 0 Å². The van der Waals surface area contributed by atoms with Gasteiger partial charge in [-0.2, -0.15) is 0 Å². The fourth-order valence-electron chi connectivity index (χ4n) is 5.73.